The van der Waals surface area contributed by atoms with Crippen molar-refractivity contribution in [3.63, 3.8) is 0 Å². The van der Waals surface area contributed by atoms with Gasteiger partial charge in [0.1, 0.15) is 5.69 Å². The molecule has 0 N–H and O–H groups in total. The Morgan fingerprint density at radius 3 is 2.94 bits per heavy atom. The Balaban J connectivity index is 1.97. The van der Waals surface area contributed by atoms with Gasteiger partial charge in [-0.3, -0.25) is 9.78 Å². The van der Waals surface area contributed by atoms with Gasteiger partial charge in [-0.25, -0.2) is 4.98 Å². The first-order valence-corrected chi connectivity index (χ1v) is 6.23. The van der Waals surface area contributed by atoms with E-state index in [2.05, 4.69) is 16.0 Å². The second-order valence-corrected chi connectivity index (χ2v) is 4.67. The summed E-state index contributed by atoms with van der Waals surface area (Å²) in [6.07, 6.45) is 4.59. The SMILES string of the molecule is Cc1cccc(SCC(=O)c2cnccn2)c1. The molecule has 0 radical (unpaired) electrons. The second-order valence-electron chi connectivity index (χ2n) is 3.62. The van der Waals surface area contributed by atoms with Crippen molar-refractivity contribution in [3.05, 3.63) is 54.1 Å². The van der Waals surface area contributed by atoms with Crippen LogP contribution in [0.5, 0.6) is 0 Å². The molecule has 17 heavy (non-hydrogen) atoms. The summed E-state index contributed by atoms with van der Waals surface area (Å²) < 4.78 is 0. The maximum absolute atomic E-state index is 11.8. The minimum absolute atomic E-state index is 0.00426. The Morgan fingerprint density at radius 2 is 2.24 bits per heavy atom. The molecule has 0 bridgehead atoms. The van der Waals surface area contributed by atoms with Crippen LogP contribution in [0.3, 0.4) is 0 Å². The maximum atomic E-state index is 11.8. The summed E-state index contributed by atoms with van der Waals surface area (Å²) in [5.41, 5.74) is 1.62. The normalized spacial score (nSPS) is 10.2. The molecule has 0 fully saturated rings. The van der Waals surface area contributed by atoms with Crippen LogP contribution in [0, 0.1) is 6.92 Å². The van der Waals surface area contributed by atoms with Crippen LogP contribution in [0.15, 0.2) is 47.8 Å². The number of benzene rings is 1. The van der Waals surface area contributed by atoms with Crippen LogP contribution in [0.2, 0.25) is 0 Å². The van der Waals surface area contributed by atoms with Crippen LogP contribution in [0.4, 0.5) is 0 Å². The molecule has 2 rings (SSSR count). The molecular formula is C13H12N2OS. The quantitative estimate of drug-likeness (QED) is 0.612. The number of hydrogen-bond acceptors (Lipinski definition) is 4. The Kier molecular flexibility index (Phi) is 3.88. The number of aryl methyl sites for hydroxylation is 1. The van der Waals surface area contributed by atoms with Gasteiger partial charge >= 0.3 is 0 Å². The fourth-order valence-electron chi connectivity index (χ4n) is 1.37. The fourth-order valence-corrected chi connectivity index (χ4v) is 2.26. The molecule has 0 spiro atoms. The van der Waals surface area contributed by atoms with E-state index < -0.39 is 0 Å². The zero-order valence-corrected chi connectivity index (χ0v) is 10.3. The summed E-state index contributed by atoms with van der Waals surface area (Å²) in [6.45, 7) is 2.04. The van der Waals surface area contributed by atoms with Gasteiger partial charge in [-0.05, 0) is 19.1 Å². The lowest BCUT2D eigenvalue weighted by atomic mass is 10.2. The smallest absolute Gasteiger partial charge is 0.192 e. The van der Waals surface area contributed by atoms with Crippen molar-refractivity contribution in [2.45, 2.75) is 11.8 Å². The van der Waals surface area contributed by atoms with Gasteiger partial charge < -0.3 is 0 Å². The lowest BCUT2D eigenvalue weighted by Crippen LogP contribution is -2.05. The molecule has 0 saturated heterocycles. The van der Waals surface area contributed by atoms with Crippen LogP contribution in [0.1, 0.15) is 16.1 Å². The van der Waals surface area contributed by atoms with Gasteiger partial charge in [0.2, 0.25) is 0 Å². The summed E-state index contributed by atoms with van der Waals surface area (Å²) in [4.78, 5) is 20.7. The van der Waals surface area contributed by atoms with E-state index in [-0.39, 0.29) is 5.78 Å². The number of nitrogens with zero attached hydrogens (tertiary/aromatic N) is 2. The van der Waals surface area contributed by atoms with Crippen molar-refractivity contribution in [1.29, 1.82) is 0 Å². The Hall–Kier alpha value is -1.68. The van der Waals surface area contributed by atoms with E-state index in [1.807, 2.05) is 25.1 Å². The first-order valence-electron chi connectivity index (χ1n) is 5.24. The molecule has 0 aliphatic heterocycles. The molecule has 0 amide bonds. The lowest BCUT2D eigenvalue weighted by Gasteiger charge is -2.01. The second kappa shape index (κ2) is 5.59. The first kappa shape index (κ1) is 11.8. The minimum Gasteiger partial charge on any atom is -0.291 e. The molecule has 0 atom stereocenters. The van der Waals surface area contributed by atoms with Gasteiger partial charge in [0, 0.05) is 17.3 Å². The van der Waals surface area contributed by atoms with Crippen LogP contribution < -0.4 is 0 Å². The highest BCUT2D eigenvalue weighted by Crippen LogP contribution is 2.19. The van der Waals surface area contributed by atoms with E-state index in [4.69, 9.17) is 0 Å². The Labute approximate surface area is 104 Å². The monoisotopic (exact) mass is 244 g/mol. The molecule has 0 unspecified atom stereocenters. The van der Waals surface area contributed by atoms with Crippen LogP contribution in [0.25, 0.3) is 0 Å². The van der Waals surface area contributed by atoms with Gasteiger partial charge in [-0.1, -0.05) is 17.7 Å². The topological polar surface area (TPSA) is 42.9 Å². The highest BCUT2D eigenvalue weighted by molar-refractivity contribution is 8.00. The number of rotatable bonds is 4. The van der Waals surface area contributed by atoms with Gasteiger partial charge in [0.05, 0.1) is 11.9 Å². The van der Waals surface area contributed by atoms with Crippen molar-refractivity contribution in [2.75, 3.05) is 5.75 Å². The summed E-state index contributed by atoms with van der Waals surface area (Å²) >= 11 is 1.52. The first-order chi connectivity index (χ1) is 8.25. The molecule has 2 aromatic rings. The van der Waals surface area contributed by atoms with E-state index in [9.17, 15) is 4.79 Å². The van der Waals surface area contributed by atoms with Gasteiger partial charge in [0.15, 0.2) is 5.78 Å². The van der Waals surface area contributed by atoms with E-state index in [1.54, 1.807) is 6.20 Å². The number of ketones is 1. The third-order valence-corrected chi connectivity index (χ3v) is 3.20. The van der Waals surface area contributed by atoms with Crippen molar-refractivity contribution in [2.24, 2.45) is 0 Å². The van der Waals surface area contributed by atoms with Gasteiger partial charge in [-0.15, -0.1) is 11.8 Å². The van der Waals surface area contributed by atoms with Gasteiger partial charge in [-0.2, -0.15) is 0 Å². The number of carbonyl (C=O) groups is 1. The summed E-state index contributed by atoms with van der Waals surface area (Å²) in [6, 6.07) is 8.09. The number of Topliss-reactive ketones (excluding diaryl/α,β-unsaturated/α-hetero) is 1. The number of aromatic nitrogens is 2. The molecule has 86 valence electrons. The molecule has 1 aromatic carbocycles. The van der Waals surface area contributed by atoms with Crippen LogP contribution in [-0.2, 0) is 0 Å². The number of carbonyl (C=O) groups excluding carboxylic acids is 1. The van der Waals surface area contributed by atoms with Crippen LogP contribution >= 0.6 is 11.8 Å². The van der Waals surface area contributed by atoms with Crippen molar-refractivity contribution in [1.82, 2.24) is 9.97 Å². The minimum atomic E-state index is 0.00426. The highest BCUT2D eigenvalue weighted by atomic mass is 32.2. The average molecular weight is 244 g/mol. The van der Waals surface area contributed by atoms with E-state index >= 15 is 0 Å². The van der Waals surface area contributed by atoms with Crippen molar-refractivity contribution >= 4 is 17.5 Å². The van der Waals surface area contributed by atoms with Gasteiger partial charge in [0.25, 0.3) is 0 Å². The number of hydrogen-bond donors (Lipinski definition) is 0. The lowest BCUT2D eigenvalue weighted by molar-refractivity contribution is 0.101. The highest BCUT2D eigenvalue weighted by Gasteiger charge is 2.07. The molecule has 0 aliphatic rings. The predicted octanol–water partition coefficient (Wildman–Crippen LogP) is 2.76. The molecule has 4 heteroatoms. The molecule has 3 nitrogen and oxygen atoms in total. The molecule has 0 saturated carbocycles. The summed E-state index contributed by atoms with van der Waals surface area (Å²) in [5.74, 6) is 0.395. The number of thioether (sulfide) groups is 1. The van der Waals surface area contributed by atoms with E-state index in [0.29, 0.717) is 11.4 Å². The Bertz CT molecular complexity index is 514. The zero-order valence-electron chi connectivity index (χ0n) is 9.46. The van der Waals surface area contributed by atoms with Crippen molar-refractivity contribution in [3.8, 4) is 0 Å². The standard InChI is InChI=1S/C13H12N2OS/c1-10-3-2-4-11(7-10)17-9-13(16)12-8-14-5-6-15-12/h2-8H,9H2,1H3. The van der Waals surface area contributed by atoms with E-state index in [1.165, 1.54) is 29.7 Å². The predicted molar refractivity (Wildman–Crippen MR) is 68.3 cm³/mol. The molecule has 1 heterocycles. The largest absolute Gasteiger partial charge is 0.291 e. The third-order valence-electron chi connectivity index (χ3n) is 2.21. The molecule has 0 aliphatic carbocycles. The third kappa shape index (κ3) is 3.39. The average Bonchev–Trinajstić information content (AvgIpc) is 2.37. The fraction of sp³-hybridized carbons (Fsp3) is 0.154. The molecule has 1 aromatic heterocycles. The van der Waals surface area contributed by atoms with E-state index in [0.717, 1.165) is 4.90 Å². The molecular weight excluding hydrogens is 232 g/mol. The van der Waals surface area contributed by atoms with Crippen molar-refractivity contribution < 1.29 is 4.79 Å². The summed E-state index contributed by atoms with van der Waals surface area (Å²) in [5, 5.41) is 0. The Morgan fingerprint density at radius 1 is 1.35 bits per heavy atom. The maximum Gasteiger partial charge on any atom is 0.192 e. The summed E-state index contributed by atoms with van der Waals surface area (Å²) in [7, 11) is 0. The van der Waals surface area contributed by atoms with Crippen LogP contribution in [-0.4, -0.2) is 21.5 Å². The zero-order chi connectivity index (χ0) is 12.1.